The molecule has 0 unspecified atom stereocenters. The molecular weight excluding hydrogens is 405 g/mol. The van der Waals surface area contributed by atoms with E-state index in [0.717, 1.165) is 23.4 Å². The number of thioether (sulfide) groups is 1. The maximum Gasteiger partial charge on any atom is 0.416 e. The second-order valence-corrected chi connectivity index (χ2v) is 7.46. The van der Waals surface area contributed by atoms with Crippen LogP contribution in [0.4, 0.5) is 19.0 Å². The minimum absolute atomic E-state index is 0.164. The van der Waals surface area contributed by atoms with Crippen LogP contribution in [0.5, 0.6) is 0 Å². The Bertz CT molecular complexity index is 1010. The first-order valence-corrected chi connectivity index (χ1v) is 9.84. The number of nitrogens with zero attached hydrogens (tertiary/aromatic N) is 3. The molecule has 0 aliphatic heterocycles. The van der Waals surface area contributed by atoms with Crippen LogP contribution in [-0.2, 0) is 16.7 Å². The van der Waals surface area contributed by atoms with Gasteiger partial charge in [0.1, 0.15) is 11.6 Å². The lowest BCUT2D eigenvalue weighted by Crippen LogP contribution is -2.17. The van der Waals surface area contributed by atoms with Gasteiger partial charge in [-0.2, -0.15) is 18.3 Å². The minimum Gasteiger partial charge on any atom is -0.361 e. The summed E-state index contributed by atoms with van der Waals surface area (Å²) in [5.41, 5.74) is 1.74. The summed E-state index contributed by atoms with van der Waals surface area (Å²) < 4.78 is 45.4. The van der Waals surface area contributed by atoms with Gasteiger partial charge in [0.05, 0.1) is 28.4 Å². The third kappa shape index (κ3) is 5.00. The average Bonchev–Trinajstić information content (AvgIpc) is 3.17. The molecule has 2 aromatic heterocycles. The van der Waals surface area contributed by atoms with Crippen LogP contribution in [0.2, 0.25) is 0 Å². The second-order valence-electron chi connectivity index (χ2n) is 6.47. The maximum absolute atomic E-state index is 13.0. The fourth-order valence-electron chi connectivity index (χ4n) is 2.73. The van der Waals surface area contributed by atoms with E-state index in [1.54, 1.807) is 13.0 Å². The van der Waals surface area contributed by atoms with Gasteiger partial charge in [-0.25, -0.2) is 4.68 Å². The summed E-state index contributed by atoms with van der Waals surface area (Å²) >= 11 is 1.39. The van der Waals surface area contributed by atoms with Crippen molar-refractivity contribution in [1.29, 1.82) is 0 Å². The number of hydrogen-bond donors (Lipinski definition) is 1. The highest BCUT2D eigenvalue weighted by Crippen LogP contribution is 2.31. The topological polar surface area (TPSA) is 73.0 Å². The third-order valence-electron chi connectivity index (χ3n) is 4.18. The summed E-state index contributed by atoms with van der Waals surface area (Å²) in [6, 6.07) is 6.40. The standard InChI is InChI=1S/C19H19F3N4O2S/c1-11-7-17(23-18(27)10-29-9-16-12(2)25-28-13(16)3)26(24-11)15-6-4-5-14(8-15)19(20,21)22/h4-8H,9-10H2,1-3H3,(H,23,27). The Morgan fingerprint density at radius 3 is 2.66 bits per heavy atom. The largest absolute Gasteiger partial charge is 0.416 e. The number of anilines is 1. The van der Waals surface area contributed by atoms with Gasteiger partial charge < -0.3 is 9.84 Å². The summed E-state index contributed by atoms with van der Waals surface area (Å²) in [4.78, 5) is 12.3. The van der Waals surface area contributed by atoms with Gasteiger partial charge in [-0.1, -0.05) is 11.2 Å². The molecule has 0 aliphatic carbocycles. The molecule has 0 bridgehead atoms. The predicted molar refractivity (Wildman–Crippen MR) is 104 cm³/mol. The Labute approximate surface area is 169 Å². The molecule has 0 radical (unpaired) electrons. The highest BCUT2D eigenvalue weighted by atomic mass is 32.2. The van der Waals surface area contributed by atoms with Gasteiger partial charge in [0.15, 0.2) is 0 Å². The van der Waals surface area contributed by atoms with Crippen LogP contribution >= 0.6 is 11.8 Å². The highest BCUT2D eigenvalue weighted by molar-refractivity contribution is 7.99. The van der Waals surface area contributed by atoms with Gasteiger partial charge in [0, 0.05) is 17.4 Å². The lowest BCUT2D eigenvalue weighted by atomic mass is 10.2. The zero-order valence-corrected chi connectivity index (χ0v) is 16.8. The van der Waals surface area contributed by atoms with Crippen molar-refractivity contribution in [2.24, 2.45) is 0 Å². The monoisotopic (exact) mass is 424 g/mol. The van der Waals surface area contributed by atoms with E-state index in [1.165, 1.54) is 28.6 Å². The van der Waals surface area contributed by atoms with Crippen molar-refractivity contribution in [1.82, 2.24) is 14.9 Å². The van der Waals surface area contributed by atoms with Gasteiger partial charge in [-0.15, -0.1) is 11.8 Å². The summed E-state index contributed by atoms with van der Waals surface area (Å²) in [5, 5.41) is 10.8. The van der Waals surface area contributed by atoms with E-state index < -0.39 is 11.7 Å². The molecule has 0 atom stereocenters. The SMILES string of the molecule is Cc1cc(NC(=O)CSCc2c(C)noc2C)n(-c2cccc(C(F)(F)F)c2)n1. The number of halogens is 3. The molecule has 0 spiro atoms. The molecule has 1 amide bonds. The predicted octanol–water partition coefficient (Wildman–Crippen LogP) is 4.68. The fraction of sp³-hybridized carbons (Fsp3) is 0.316. The smallest absolute Gasteiger partial charge is 0.361 e. The van der Waals surface area contributed by atoms with Crippen molar-refractivity contribution in [2.75, 3.05) is 11.1 Å². The van der Waals surface area contributed by atoms with Crippen LogP contribution in [0, 0.1) is 20.8 Å². The lowest BCUT2D eigenvalue weighted by molar-refractivity contribution is -0.137. The van der Waals surface area contributed by atoms with E-state index >= 15 is 0 Å². The minimum atomic E-state index is -4.46. The van der Waals surface area contributed by atoms with Crippen molar-refractivity contribution >= 4 is 23.5 Å². The van der Waals surface area contributed by atoms with Gasteiger partial charge in [0.25, 0.3) is 0 Å². The Morgan fingerprint density at radius 1 is 1.24 bits per heavy atom. The molecule has 1 aromatic carbocycles. The van der Waals surface area contributed by atoms with Crippen LogP contribution in [-0.4, -0.2) is 26.6 Å². The zero-order chi connectivity index (χ0) is 21.2. The molecule has 3 rings (SSSR count). The molecule has 154 valence electrons. The first-order valence-electron chi connectivity index (χ1n) is 8.69. The van der Waals surface area contributed by atoms with E-state index in [1.807, 2.05) is 13.8 Å². The van der Waals surface area contributed by atoms with E-state index in [-0.39, 0.29) is 17.3 Å². The summed E-state index contributed by atoms with van der Waals surface area (Å²) in [7, 11) is 0. The zero-order valence-electron chi connectivity index (χ0n) is 16.0. The van der Waals surface area contributed by atoms with Crippen molar-refractivity contribution in [2.45, 2.75) is 32.7 Å². The van der Waals surface area contributed by atoms with Gasteiger partial charge in [-0.05, 0) is 39.0 Å². The van der Waals surface area contributed by atoms with Crippen LogP contribution in [0.1, 0.15) is 28.3 Å². The highest BCUT2D eigenvalue weighted by Gasteiger charge is 2.30. The molecule has 3 aromatic rings. The first kappa shape index (κ1) is 21.0. The molecule has 1 N–H and O–H groups in total. The first-order chi connectivity index (χ1) is 13.6. The molecule has 29 heavy (non-hydrogen) atoms. The molecule has 0 saturated carbocycles. The van der Waals surface area contributed by atoms with Crippen LogP contribution in [0.3, 0.4) is 0 Å². The molecule has 0 fully saturated rings. The number of nitrogens with one attached hydrogen (secondary N) is 1. The van der Waals surface area contributed by atoms with E-state index in [4.69, 9.17) is 4.52 Å². The lowest BCUT2D eigenvalue weighted by Gasteiger charge is -2.11. The Morgan fingerprint density at radius 2 is 2.00 bits per heavy atom. The number of rotatable bonds is 6. The second kappa shape index (κ2) is 8.32. The molecule has 10 heteroatoms. The number of hydrogen-bond acceptors (Lipinski definition) is 5. The number of aromatic nitrogens is 3. The quantitative estimate of drug-likeness (QED) is 0.622. The van der Waals surface area contributed by atoms with E-state index in [0.29, 0.717) is 23.0 Å². The average molecular weight is 424 g/mol. The van der Waals surface area contributed by atoms with Crippen molar-refractivity contribution in [3.8, 4) is 5.69 Å². The summed E-state index contributed by atoms with van der Waals surface area (Å²) in [6.07, 6.45) is -4.46. The Balaban J connectivity index is 1.70. The number of carbonyl (C=O) groups excluding carboxylic acids is 1. The van der Waals surface area contributed by atoms with Crippen molar-refractivity contribution in [3.05, 3.63) is 58.6 Å². The van der Waals surface area contributed by atoms with Gasteiger partial charge in [-0.3, -0.25) is 4.79 Å². The van der Waals surface area contributed by atoms with Crippen LogP contribution < -0.4 is 5.32 Å². The third-order valence-corrected chi connectivity index (χ3v) is 5.14. The molecule has 2 heterocycles. The van der Waals surface area contributed by atoms with Crippen molar-refractivity contribution in [3.63, 3.8) is 0 Å². The number of carbonyl (C=O) groups is 1. The van der Waals surface area contributed by atoms with Crippen LogP contribution in [0.15, 0.2) is 34.9 Å². The molecule has 0 aliphatic rings. The fourth-order valence-corrected chi connectivity index (χ4v) is 3.71. The van der Waals surface area contributed by atoms with Gasteiger partial charge >= 0.3 is 6.18 Å². The van der Waals surface area contributed by atoms with Crippen molar-refractivity contribution < 1.29 is 22.5 Å². The number of amides is 1. The normalized spacial score (nSPS) is 11.7. The number of benzene rings is 1. The number of aryl methyl sites for hydroxylation is 3. The van der Waals surface area contributed by atoms with E-state index in [9.17, 15) is 18.0 Å². The van der Waals surface area contributed by atoms with E-state index in [2.05, 4.69) is 15.6 Å². The summed E-state index contributed by atoms with van der Waals surface area (Å²) in [6.45, 7) is 5.35. The summed E-state index contributed by atoms with van der Waals surface area (Å²) in [5.74, 6) is 1.48. The molecule has 0 saturated heterocycles. The van der Waals surface area contributed by atoms with Crippen LogP contribution in [0.25, 0.3) is 5.69 Å². The Kier molecular flexibility index (Phi) is 6.02. The number of alkyl halides is 3. The molecular formula is C19H19F3N4O2S. The van der Waals surface area contributed by atoms with Gasteiger partial charge in [0.2, 0.25) is 5.91 Å². The Hall–Kier alpha value is -2.75. The maximum atomic E-state index is 13.0. The molecule has 6 nitrogen and oxygen atoms in total.